The molecule has 2 rings (SSSR count). The van der Waals surface area contributed by atoms with Gasteiger partial charge in [0.15, 0.2) is 0 Å². The molecule has 0 fully saturated rings. The van der Waals surface area contributed by atoms with Gasteiger partial charge in [-0.3, -0.25) is 4.98 Å². The third-order valence-electron chi connectivity index (χ3n) is 2.57. The topological polar surface area (TPSA) is 24.9 Å². The fourth-order valence-electron chi connectivity index (χ4n) is 1.66. The number of hydrogen-bond donors (Lipinski definition) is 1. The van der Waals surface area contributed by atoms with Gasteiger partial charge in [-0.15, -0.1) is 0 Å². The maximum absolute atomic E-state index is 6.18. The Bertz CT molecular complexity index is 560. The van der Waals surface area contributed by atoms with Crippen LogP contribution in [0.5, 0.6) is 0 Å². The quantitative estimate of drug-likeness (QED) is 0.813. The molecule has 1 aromatic heterocycles. The molecule has 0 amide bonds. The summed E-state index contributed by atoms with van der Waals surface area (Å²) < 4.78 is 0.918. The van der Waals surface area contributed by atoms with E-state index in [1.807, 2.05) is 25.1 Å². The van der Waals surface area contributed by atoms with Gasteiger partial charge in [-0.25, -0.2) is 0 Å². The van der Waals surface area contributed by atoms with Gasteiger partial charge in [0.25, 0.3) is 0 Å². The molecule has 0 saturated heterocycles. The normalized spacial score (nSPS) is 12.2. The number of nitrogens with zero attached hydrogens (tertiary/aromatic N) is 1. The van der Waals surface area contributed by atoms with E-state index in [1.54, 1.807) is 18.5 Å². The molecular formula is C13H11BrCl2N2. The Morgan fingerprint density at radius 1 is 1.28 bits per heavy atom. The van der Waals surface area contributed by atoms with Crippen molar-refractivity contribution in [2.45, 2.75) is 13.0 Å². The van der Waals surface area contributed by atoms with E-state index in [9.17, 15) is 0 Å². The van der Waals surface area contributed by atoms with Gasteiger partial charge in [-0.05, 0) is 46.6 Å². The number of aromatic nitrogens is 1. The summed E-state index contributed by atoms with van der Waals surface area (Å²) in [6.45, 7) is 2.04. The number of hydrogen-bond acceptors (Lipinski definition) is 2. The van der Waals surface area contributed by atoms with Crippen molar-refractivity contribution in [3.05, 3.63) is 56.7 Å². The van der Waals surface area contributed by atoms with Gasteiger partial charge in [-0.1, -0.05) is 29.3 Å². The zero-order chi connectivity index (χ0) is 13.1. The first kappa shape index (κ1) is 13.7. The highest BCUT2D eigenvalue weighted by atomic mass is 79.9. The minimum atomic E-state index is 0.0773. The van der Waals surface area contributed by atoms with Crippen molar-refractivity contribution in [3.63, 3.8) is 0 Å². The molecule has 2 aromatic rings. The van der Waals surface area contributed by atoms with Gasteiger partial charge in [0.05, 0.1) is 16.2 Å². The second-order valence-corrected chi connectivity index (χ2v) is 5.59. The lowest BCUT2D eigenvalue weighted by atomic mass is 10.1. The van der Waals surface area contributed by atoms with Gasteiger partial charge in [-0.2, -0.15) is 0 Å². The average Bonchev–Trinajstić information content (AvgIpc) is 2.32. The maximum atomic E-state index is 6.18. The van der Waals surface area contributed by atoms with E-state index in [2.05, 4.69) is 26.2 Å². The summed E-state index contributed by atoms with van der Waals surface area (Å²) in [5.41, 5.74) is 1.98. The molecule has 1 unspecified atom stereocenters. The van der Waals surface area contributed by atoms with Crippen molar-refractivity contribution in [1.29, 1.82) is 0 Å². The maximum Gasteiger partial charge on any atom is 0.0590 e. The molecule has 1 aromatic carbocycles. The summed E-state index contributed by atoms with van der Waals surface area (Å²) in [7, 11) is 0. The van der Waals surface area contributed by atoms with Crippen LogP contribution in [0.1, 0.15) is 18.5 Å². The molecular weight excluding hydrogens is 335 g/mol. The highest BCUT2D eigenvalue weighted by molar-refractivity contribution is 9.10. The molecule has 1 atom stereocenters. The van der Waals surface area contributed by atoms with Crippen molar-refractivity contribution in [1.82, 2.24) is 4.98 Å². The number of benzene rings is 1. The van der Waals surface area contributed by atoms with Gasteiger partial charge >= 0.3 is 0 Å². The minimum Gasteiger partial charge on any atom is -0.377 e. The van der Waals surface area contributed by atoms with Crippen LogP contribution in [-0.2, 0) is 0 Å². The van der Waals surface area contributed by atoms with Crippen LogP contribution in [0, 0.1) is 0 Å². The van der Waals surface area contributed by atoms with Crippen molar-refractivity contribution < 1.29 is 0 Å². The van der Waals surface area contributed by atoms with E-state index in [0.29, 0.717) is 10.0 Å². The molecule has 1 N–H and O–H groups in total. The Labute approximate surface area is 124 Å². The van der Waals surface area contributed by atoms with Crippen molar-refractivity contribution >= 4 is 44.8 Å². The molecule has 0 radical (unpaired) electrons. The van der Waals surface area contributed by atoms with Crippen LogP contribution < -0.4 is 5.32 Å². The highest BCUT2D eigenvalue weighted by Crippen LogP contribution is 2.30. The lowest BCUT2D eigenvalue weighted by molar-refractivity contribution is 0.883. The van der Waals surface area contributed by atoms with E-state index in [-0.39, 0.29) is 6.04 Å². The Morgan fingerprint density at radius 3 is 2.72 bits per heavy atom. The minimum absolute atomic E-state index is 0.0773. The molecule has 18 heavy (non-hydrogen) atoms. The van der Waals surface area contributed by atoms with Crippen LogP contribution >= 0.6 is 39.1 Å². The van der Waals surface area contributed by atoms with Gasteiger partial charge in [0, 0.05) is 22.4 Å². The smallest absolute Gasteiger partial charge is 0.0590 e. The first-order valence-corrected chi connectivity index (χ1v) is 6.94. The molecule has 0 spiro atoms. The Balaban J connectivity index is 2.22. The van der Waals surface area contributed by atoms with Gasteiger partial charge in [0.1, 0.15) is 0 Å². The first-order valence-electron chi connectivity index (χ1n) is 5.39. The van der Waals surface area contributed by atoms with Crippen LogP contribution in [0.2, 0.25) is 10.0 Å². The van der Waals surface area contributed by atoms with Crippen LogP contribution in [0.4, 0.5) is 5.69 Å². The largest absolute Gasteiger partial charge is 0.377 e. The van der Waals surface area contributed by atoms with Gasteiger partial charge in [0.2, 0.25) is 0 Å². The number of rotatable bonds is 3. The average molecular weight is 346 g/mol. The predicted molar refractivity (Wildman–Crippen MR) is 80.4 cm³/mol. The lowest BCUT2D eigenvalue weighted by Crippen LogP contribution is -2.07. The molecule has 5 heteroatoms. The van der Waals surface area contributed by atoms with Gasteiger partial charge < -0.3 is 5.32 Å². The zero-order valence-electron chi connectivity index (χ0n) is 9.62. The zero-order valence-corrected chi connectivity index (χ0v) is 12.7. The third kappa shape index (κ3) is 3.16. The summed E-state index contributed by atoms with van der Waals surface area (Å²) in [5, 5.41) is 4.67. The number of pyridine rings is 1. The fourth-order valence-corrected chi connectivity index (χ4v) is 2.59. The van der Waals surface area contributed by atoms with Crippen LogP contribution in [-0.4, -0.2) is 4.98 Å². The SMILES string of the molecule is CC(Nc1ccncc1Br)c1ccc(Cl)cc1Cl. The third-order valence-corrected chi connectivity index (χ3v) is 3.77. The Morgan fingerprint density at radius 2 is 2.06 bits per heavy atom. The summed E-state index contributed by atoms with van der Waals surface area (Å²) in [4.78, 5) is 4.02. The van der Waals surface area contributed by atoms with Crippen molar-refractivity contribution in [2.75, 3.05) is 5.32 Å². The number of anilines is 1. The predicted octanol–water partition coefficient (Wildman–Crippen LogP) is 5.32. The molecule has 0 aliphatic heterocycles. The standard InChI is InChI=1S/C13H11BrCl2N2/c1-8(10-3-2-9(15)6-12(10)16)18-13-4-5-17-7-11(13)14/h2-8H,1H3,(H,17,18). The van der Waals surface area contributed by atoms with E-state index < -0.39 is 0 Å². The van der Waals surface area contributed by atoms with E-state index >= 15 is 0 Å². The fraction of sp³-hybridized carbons (Fsp3) is 0.154. The lowest BCUT2D eigenvalue weighted by Gasteiger charge is -2.18. The second-order valence-electron chi connectivity index (χ2n) is 3.89. The molecule has 1 heterocycles. The van der Waals surface area contributed by atoms with E-state index in [0.717, 1.165) is 15.7 Å². The molecule has 0 saturated carbocycles. The van der Waals surface area contributed by atoms with Crippen LogP contribution in [0.15, 0.2) is 41.1 Å². The first-order chi connectivity index (χ1) is 8.58. The summed E-state index contributed by atoms with van der Waals surface area (Å²) in [5.74, 6) is 0. The van der Waals surface area contributed by atoms with Crippen LogP contribution in [0.25, 0.3) is 0 Å². The molecule has 0 aliphatic rings. The van der Waals surface area contributed by atoms with Crippen molar-refractivity contribution in [3.8, 4) is 0 Å². The molecule has 2 nitrogen and oxygen atoms in total. The monoisotopic (exact) mass is 344 g/mol. The van der Waals surface area contributed by atoms with Crippen molar-refractivity contribution in [2.24, 2.45) is 0 Å². The van der Waals surface area contributed by atoms with E-state index in [4.69, 9.17) is 23.2 Å². The summed E-state index contributed by atoms with van der Waals surface area (Å²) in [6, 6.07) is 7.50. The second kappa shape index (κ2) is 5.91. The number of nitrogens with one attached hydrogen (secondary N) is 1. The molecule has 0 aliphatic carbocycles. The Kier molecular flexibility index (Phi) is 4.49. The highest BCUT2D eigenvalue weighted by Gasteiger charge is 2.11. The number of halogens is 3. The Hall–Kier alpha value is -0.770. The van der Waals surface area contributed by atoms with Crippen LogP contribution in [0.3, 0.4) is 0 Å². The summed E-state index contributed by atoms with van der Waals surface area (Å²) >= 11 is 15.5. The van der Waals surface area contributed by atoms with E-state index in [1.165, 1.54) is 0 Å². The molecule has 0 bridgehead atoms. The summed E-state index contributed by atoms with van der Waals surface area (Å²) in [6.07, 6.45) is 3.49. The molecule has 94 valence electrons.